The average molecular weight is 551 g/mol. The molecule has 4 aromatic rings. The number of anilines is 1. The minimum absolute atomic E-state index is 0.233. The van der Waals surface area contributed by atoms with Gasteiger partial charge in [0, 0.05) is 34.5 Å². The Morgan fingerprint density at radius 2 is 1.67 bits per heavy atom. The number of nitrogens with zero attached hydrogens (tertiary/aromatic N) is 3. The molecule has 10 heteroatoms. The van der Waals surface area contributed by atoms with E-state index in [9.17, 15) is 14.0 Å². The number of halogens is 2. The van der Waals surface area contributed by atoms with Crippen LogP contribution in [0.3, 0.4) is 0 Å². The molecule has 0 aliphatic carbocycles. The van der Waals surface area contributed by atoms with Crippen LogP contribution in [0, 0.1) is 5.82 Å². The van der Waals surface area contributed by atoms with Crippen molar-refractivity contribution < 1.29 is 23.5 Å². The number of rotatable bonds is 9. The lowest BCUT2D eigenvalue weighted by Crippen LogP contribution is -2.42. The smallest absolute Gasteiger partial charge is 0.254 e. The zero-order chi connectivity index (χ0) is 28.1. The highest BCUT2D eigenvalue weighted by Gasteiger charge is 2.23. The lowest BCUT2D eigenvalue weighted by atomic mass is 10.1. The third-order valence-electron chi connectivity index (χ3n) is 6.03. The van der Waals surface area contributed by atoms with Crippen molar-refractivity contribution in [3.05, 3.63) is 89.3 Å². The third-order valence-corrected chi connectivity index (χ3v) is 6.28. The largest absolute Gasteiger partial charge is 0.493 e. The fourth-order valence-electron chi connectivity index (χ4n) is 3.97. The number of amides is 2. The van der Waals surface area contributed by atoms with Crippen LogP contribution in [0.25, 0.3) is 16.9 Å². The summed E-state index contributed by atoms with van der Waals surface area (Å²) in [7, 11) is 3.09. The maximum atomic E-state index is 13.4. The number of carbonyl (C=O) groups excluding carboxylic acids is 2. The minimum Gasteiger partial charge on any atom is -0.493 e. The highest BCUT2D eigenvalue weighted by atomic mass is 35.5. The third kappa shape index (κ3) is 6.38. The number of hydrogen-bond acceptors (Lipinski definition) is 5. The molecule has 0 bridgehead atoms. The molecule has 202 valence electrons. The first kappa shape index (κ1) is 27.7. The molecule has 1 N–H and O–H groups in total. The lowest BCUT2D eigenvalue weighted by molar-refractivity contribution is -0.117. The van der Waals surface area contributed by atoms with Crippen molar-refractivity contribution in [3.63, 3.8) is 0 Å². The fraction of sp³-hybridized carbons (Fsp3) is 0.207. The summed E-state index contributed by atoms with van der Waals surface area (Å²) < 4.78 is 25.9. The van der Waals surface area contributed by atoms with E-state index >= 15 is 0 Å². The van der Waals surface area contributed by atoms with E-state index in [4.69, 9.17) is 21.1 Å². The SMILES string of the molecule is COc1ccc(-n2cc(-c3ccc(Cl)cc3)nc2NC(=O)CN(C(=O)c2ccc(F)cc2)C(C)C)cc1OC. The molecule has 0 aliphatic rings. The van der Waals surface area contributed by atoms with Gasteiger partial charge in [0.2, 0.25) is 11.9 Å². The van der Waals surface area contributed by atoms with Gasteiger partial charge < -0.3 is 14.4 Å². The summed E-state index contributed by atoms with van der Waals surface area (Å²) >= 11 is 6.05. The normalized spacial score (nSPS) is 10.8. The van der Waals surface area contributed by atoms with Crippen LogP contribution in [0.15, 0.2) is 72.9 Å². The predicted molar refractivity (Wildman–Crippen MR) is 148 cm³/mol. The van der Waals surface area contributed by atoms with Gasteiger partial charge in [0.25, 0.3) is 5.91 Å². The molecule has 2 amide bonds. The Hall–Kier alpha value is -4.37. The van der Waals surface area contributed by atoms with Crippen molar-refractivity contribution in [2.75, 3.05) is 26.1 Å². The monoisotopic (exact) mass is 550 g/mol. The topological polar surface area (TPSA) is 85.7 Å². The minimum atomic E-state index is -0.450. The molecular formula is C29H28ClFN4O4. The van der Waals surface area contributed by atoms with Gasteiger partial charge in [-0.25, -0.2) is 9.37 Å². The van der Waals surface area contributed by atoms with Crippen LogP contribution in [-0.2, 0) is 4.79 Å². The first-order chi connectivity index (χ1) is 18.7. The average Bonchev–Trinajstić information content (AvgIpc) is 3.35. The zero-order valence-electron chi connectivity index (χ0n) is 21.9. The summed E-state index contributed by atoms with van der Waals surface area (Å²) in [5, 5.41) is 3.43. The van der Waals surface area contributed by atoms with Gasteiger partial charge >= 0.3 is 0 Å². The molecule has 0 spiro atoms. The van der Waals surface area contributed by atoms with Crippen molar-refractivity contribution in [1.29, 1.82) is 0 Å². The van der Waals surface area contributed by atoms with Gasteiger partial charge in [0.05, 0.1) is 25.6 Å². The molecule has 1 heterocycles. The van der Waals surface area contributed by atoms with Crippen molar-refractivity contribution in [2.24, 2.45) is 0 Å². The summed E-state index contributed by atoms with van der Waals surface area (Å²) in [6.45, 7) is 3.37. The van der Waals surface area contributed by atoms with Crippen molar-refractivity contribution in [3.8, 4) is 28.4 Å². The molecule has 39 heavy (non-hydrogen) atoms. The number of nitrogens with one attached hydrogen (secondary N) is 1. The van der Waals surface area contributed by atoms with Crippen LogP contribution in [0.5, 0.6) is 11.5 Å². The number of ether oxygens (including phenoxy) is 2. The standard InChI is InChI=1S/C29H28ClFN4O4/c1-18(2)34(28(37)20-7-11-22(31)12-8-20)17-27(36)33-29-32-24(19-5-9-21(30)10-6-19)16-35(29)23-13-14-25(38-3)26(15-23)39-4/h5-16,18H,17H2,1-4H3,(H,32,33,36). The number of methoxy groups -OCH3 is 2. The van der Waals surface area contributed by atoms with E-state index in [1.165, 1.54) is 36.3 Å². The molecule has 4 rings (SSSR count). The van der Waals surface area contributed by atoms with Gasteiger partial charge in [0.15, 0.2) is 11.5 Å². The van der Waals surface area contributed by atoms with E-state index in [2.05, 4.69) is 10.3 Å². The van der Waals surface area contributed by atoms with Crippen molar-refractivity contribution >= 4 is 29.4 Å². The Kier molecular flexibility index (Phi) is 8.51. The van der Waals surface area contributed by atoms with Crippen LogP contribution in [0.1, 0.15) is 24.2 Å². The second-order valence-corrected chi connectivity index (χ2v) is 9.38. The van der Waals surface area contributed by atoms with E-state index in [1.807, 2.05) is 18.2 Å². The molecule has 0 aliphatic heterocycles. The quantitative estimate of drug-likeness (QED) is 0.283. The second kappa shape index (κ2) is 12.0. The van der Waals surface area contributed by atoms with Gasteiger partial charge in [-0.05, 0) is 62.4 Å². The highest BCUT2D eigenvalue weighted by molar-refractivity contribution is 6.30. The predicted octanol–water partition coefficient (Wildman–Crippen LogP) is 5.84. The summed E-state index contributed by atoms with van der Waals surface area (Å²) in [6, 6.07) is 17.4. The summed E-state index contributed by atoms with van der Waals surface area (Å²) in [5.41, 5.74) is 2.35. The lowest BCUT2D eigenvalue weighted by Gasteiger charge is -2.26. The van der Waals surface area contributed by atoms with Crippen LogP contribution in [0.2, 0.25) is 5.02 Å². The number of hydrogen-bond donors (Lipinski definition) is 1. The van der Waals surface area contributed by atoms with Gasteiger partial charge in [-0.1, -0.05) is 23.7 Å². The first-order valence-electron chi connectivity index (χ1n) is 12.1. The molecule has 0 fully saturated rings. The van der Waals surface area contributed by atoms with Gasteiger partial charge in [-0.2, -0.15) is 0 Å². The molecule has 0 unspecified atom stereocenters. The second-order valence-electron chi connectivity index (χ2n) is 8.95. The Bertz CT molecular complexity index is 1470. The fourth-order valence-corrected chi connectivity index (χ4v) is 4.09. The van der Waals surface area contributed by atoms with E-state index < -0.39 is 11.7 Å². The Labute approximate surface area is 230 Å². The van der Waals surface area contributed by atoms with Gasteiger partial charge in [0.1, 0.15) is 12.4 Å². The number of carbonyl (C=O) groups is 2. The Morgan fingerprint density at radius 1 is 1.00 bits per heavy atom. The summed E-state index contributed by atoms with van der Waals surface area (Å²) in [4.78, 5) is 32.4. The molecular weight excluding hydrogens is 523 g/mol. The van der Waals surface area contributed by atoms with Crippen molar-refractivity contribution in [2.45, 2.75) is 19.9 Å². The van der Waals surface area contributed by atoms with E-state index in [0.717, 1.165) is 5.56 Å². The van der Waals surface area contributed by atoms with E-state index in [1.54, 1.807) is 56.0 Å². The number of aromatic nitrogens is 2. The molecule has 0 atom stereocenters. The molecule has 8 nitrogen and oxygen atoms in total. The highest BCUT2D eigenvalue weighted by Crippen LogP contribution is 2.32. The van der Waals surface area contributed by atoms with Crippen LogP contribution in [0.4, 0.5) is 10.3 Å². The first-order valence-corrected chi connectivity index (χ1v) is 12.5. The summed E-state index contributed by atoms with van der Waals surface area (Å²) in [5.74, 6) is 0.0232. The van der Waals surface area contributed by atoms with Crippen molar-refractivity contribution in [1.82, 2.24) is 14.5 Å². The molecule has 0 radical (unpaired) electrons. The zero-order valence-corrected chi connectivity index (χ0v) is 22.7. The van der Waals surface area contributed by atoms with Gasteiger partial charge in [-0.15, -0.1) is 0 Å². The Morgan fingerprint density at radius 3 is 2.28 bits per heavy atom. The maximum absolute atomic E-state index is 13.4. The van der Waals surface area contributed by atoms with Gasteiger partial charge in [-0.3, -0.25) is 19.5 Å². The number of benzene rings is 3. The van der Waals surface area contributed by atoms with E-state index in [-0.39, 0.29) is 30.0 Å². The van der Waals surface area contributed by atoms with Crippen LogP contribution >= 0.6 is 11.6 Å². The molecule has 0 saturated carbocycles. The maximum Gasteiger partial charge on any atom is 0.254 e. The van der Waals surface area contributed by atoms with E-state index in [0.29, 0.717) is 27.9 Å². The molecule has 1 aromatic heterocycles. The van der Waals surface area contributed by atoms with Crippen LogP contribution in [-0.4, -0.2) is 53.1 Å². The van der Waals surface area contributed by atoms with Crippen LogP contribution < -0.4 is 14.8 Å². The summed E-state index contributed by atoms with van der Waals surface area (Å²) in [6.07, 6.45) is 1.78. The Balaban J connectivity index is 1.66. The molecule has 3 aromatic carbocycles. The number of imidazole rings is 1. The molecule has 0 saturated heterocycles.